The van der Waals surface area contributed by atoms with Gasteiger partial charge in [0.1, 0.15) is 18.0 Å². The molecule has 3 rings (SSSR count). The van der Waals surface area contributed by atoms with Gasteiger partial charge >= 0.3 is 11.7 Å². The van der Waals surface area contributed by atoms with E-state index in [1.807, 2.05) is 35.2 Å². The van der Waals surface area contributed by atoms with Gasteiger partial charge in [-0.3, -0.25) is 34.6 Å². The van der Waals surface area contributed by atoms with E-state index in [0.717, 1.165) is 17.7 Å². The van der Waals surface area contributed by atoms with Gasteiger partial charge in [-0.05, 0) is 34.5 Å². The van der Waals surface area contributed by atoms with E-state index in [2.05, 4.69) is 31.5 Å². The molecular formula is C28H27BrN6O9. The number of rotatable bonds is 14. The monoisotopic (exact) mass is 670 g/mol. The van der Waals surface area contributed by atoms with E-state index in [0.29, 0.717) is 12.2 Å². The van der Waals surface area contributed by atoms with Crippen LogP contribution >= 0.6 is 15.9 Å². The number of ether oxygens (including phenoxy) is 2. The zero-order valence-electron chi connectivity index (χ0n) is 23.8. The van der Waals surface area contributed by atoms with Gasteiger partial charge in [0, 0.05) is 32.1 Å². The van der Waals surface area contributed by atoms with Crippen molar-refractivity contribution >= 4 is 67.7 Å². The van der Waals surface area contributed by atoms with Crippen molar-refractivity contribution < 1.29 is 33.7 Å². The fourth-order valence-corrected chi connectivity index (χ4v) is 4.44. The number of esters is 1. The number of anilines is 2. The highest BCUT2D eigenvalue weighted by Gasteiger charge is 2.24. The van der Waals surface area contributed by atoms with Crippen LogP contribution < -0.4 is 15.0 Å². The molecule has 0 aromatic heterocycles. The zero-order chi connectivity index (χ0) is 32.4. The Labute approximate surface area is 259 Å². The van der Waals surface area contributed by atoms with Crippen LogP contribution in [0.3, 0.4) is 0 Å². The summed E-state index contributed by atoms with van der Waals surface area (Å²) in [6, 6.07) is 14.2. The second-order valence-electron chi connectivity index (χ2n) is 9.25. The minimum absolute atomic E-state index is 0.0440. The molecule has 1 N–H and O–H groups in total. The molecule has 15 nitrogen and oxygen atoms in total. The third kappa shape index (κ3) is 9.12. The first-order chi connectivity index (χ1) is 20.9. The van der Waals surface area contributed by atoms with Crippen LogP contribution in [0, 0.1) is 20.2 Å². The molecule has 0 aliphatic rings. The SMILES string of the molecule is COc1cc(/N=N/c2c(Br)cc([N+](=O)[O-])cc2[N+](=O)[O-])c(NC(C)=O)cc1N(CCC(=O)OCC(C)=O)Cc1ccccc1. The molecule has 0 radical (unpaired) electrons. The number of amides is 1. The molecule has 3 aromatic rings. The maximum absolute atomic E-state index is 12.3. The van der Waals surface area contributed by atoms with Crippen molar-refractivity contribution in [1.29, 1.82) is 0 Å². The smallest absolute Gasteiger partial charge is 0.308 e. The zero-order valence-corrected chi connectivity index (χ0v) is 25.4. The Bertz CT molecular complexity index is 1610. The third-order valence-electron chi connectivity index (χ3n) is 5.88. The molecule has 0 atom stereocenters. The summed E-state index contributed by atoms with van der Waals surface area (Å²) < 4.78 is 10.6. The number of hydrogen-bond donors (Lipinski definition) is 1. The summed E-state index contributed by atoms with van der Waals surface area (Å²) in [5, 5.41) is 33.6. The van der Waals surface area contributed by atoms with Crippen molar-refractivity contribution in [3.05, 3.63) is 84.9 Å². The van der Waals surface area contributed by atoms with Crippen LogP contribution in [0.2, 0.25) is 0 Å². The average Bonchev–Trinajstić information content (AvgIpc) is 2.97. The first kappa shape index (κ1) is 33.3. The number of ketones is 1. The van der Waals surface area contributed by atoms with Crippen LogP contribution in [0.25, 0.3) is 0 Å². The highest BCUT2D eigenvalue weighted by Crippen LogP contribution is 2.43. The largest absolute Gasteiger partial charge is 0.494 e. The molecule has 0 bridgehead atoms. The molecule has 0 heterocycles. The van der Waals surface area contributed by atoms with Crippen LogP contribution in [-0.4, -0.2) is 47.8 Å². The van der Waals surface area contributed by atoms with Gasteiger partial charge in [-0.15, -0.1) is 10.2 Å². The number of non-ortho nitro benzene ring substituents is 1. The van der Waals surface area contributed by atoms with Crippen molar-refractivity contribution in [2.45, 2.75) is 26.8 Å². The molecule has 0 fully saturated rings. The predicted octanol–water partition coefficient (Wildman–Crippen LogP) is 6.18. The van der Waals surface area contributed by atoms with E-state index in [1.165, 1.54) is 27.0 Å². The Morgan fingerprint density at radius 3 is 2.30 bits per heavy atom. The molecule has 0 aliphatic heterocycles. The Kier molecular flexibility index (Phi) is 11.6. The van der Waals surface area contributed by atoms with E-state index in [4.69, 9.17) is 9.47 Å². The fourth-order valence-electron chi connectivity index (χ4n) is 3.93. The van der Waals surface area contributed by atoms with Gasteiger partial charge in [0.05, 0.1) is 45.3 Å². The van der Waals surface area contributed by atoms with Gasteiger partial charge in [-0.1, -0.05) is 30.3 Å². The van der Waals surface area contributed by atoms with Crippen molar-refractivity contribution in [3.63, 3.8) is 0 Å². The number of halogens is 1. The van der Waals surface area contributed by atoms with E-state index in [-0.39, 0.29) is 52.6 Å². The first-order valence-electron chi connectivity index (χ1n) is 12.9. The number of hydrogen-bond acceptors (Lipinski definition) is 12. The van der Waals surface area contributed by atoms with Crippen molar-refractivity contribution in [2.75, 3.05) is 30.5 Å². The topological polar surface area (TPSA) is 196 Å². The number of nitrogens with one attached hydrogen (secondary N) is 1. The summed E-state index contributed by atoms with van der Waals surface area (Å²) in [5.74, 6) is -1.07. The van der Waals surface area contributed by atoms with Crippen LogP contribution in [-0.2, 0) is 25.7 Å². The van der Waals surface area contributed by atoms with Crippen molar-refractivity contribution in [1.82, 2.24) is 0 Å². The molecule has 0 aliphatic carbocycles. The Morgan fingerprint density at radius 2 is 1.70 bits per heavy atom. The molecule has 0 spiro atoms. The second-order valence-corrected chi connectivity index (χ2v) is 10.1. The van der Waals surface area contributed by atoms with Gasteiger partial charge in [0.15, 0.2) is 11.5 Å². The standard InChI is InChI=1S/C28H27BrN6O9/c1-17(36)16-44-27(38)9-10-33(15-19-7-5-4-6-8-19)24-13-22(30-18(2)37)23(14-26(24)43-3)31-32-28-21(29)11-20(34(39)40)12-25(28)35(41)42/h4-8,11-14H,9-10,15-16H2,1-3H3,(H,30,37)/b32-31+. The number of carbonyl (C=O) groups excluding carboxylic acids is 3. The van der Waals surface area contributed by atoms with Gasteiger partial charge in [0.25, 0.3) is 5.69 Å². The fraction of sp³-hybridized carbons (Fsp3) is 0.250. The minimum atomic E-state index is -0.826. The van der Waals surface area contributed by atoms with Crippen LogP contribution in [0.1, 0.15) is 25.8 Å². The average molecular weight is 671 g/mol. The van der Waals surface area contributed by atoms with E-state index in [9.17, 15) is 34.6 Å². The Hall–Kier alpha value is -5.25. The van der Waals surface area contributed by atoms with E-state index < -0.39 is 33.1 Å². The van der Waals surface area contributed by atoms with Crippen LogP contribution in [0.5, 0.6) is 5.75 Å². The lowest BCUT2D eigenvalue weighted by Crippen LogP contribution is -2.27. The molecule has 3 aromatic carbocycles. The molecule has 16 heteroatoms. The summed E-state index contributed by atoms with van der Waals surface area (Å²) in [6.45, 7) is 2.70. The van der Waals surface area contributed by atoms with Crippen molar-refractivity contribution in [3.8, 4) is 5.75 Å². The lowest BCUT2D eigenvalue weighted by Gasteiger charge is -2.27. The lowest BCUT2D eigenvalue weighted by atomic mass is 10.1. The normalized spacial score (nSPS) is 10.7. The molecular weight excluding hydrogens is 644 g/mol. The summed E-state index contributed by atoms with van der Waals surface area (Å²) in [7, 11) is 1.40. The van der Waals surface area contributed by atoms with Gasteiger partial charge in [0.2, 0.25) is 5.91 Å². The maximum atomic E-state index is 12.3. The number of benzene rings is 3. The lowest BCUT2D eigenvalue weighted by molar-refractivity contribution is -0.393. The predicted molar refractivity (Wildman–Crippen MR) is 163 cm³/mol. The molecule has 1 amide bonds. The third-order valence-corrected chi connectivity index (χ3v) is 6.48. The van der Waals surface area contributed by atoms with E-state index >= 15 is 0 Å². The number of methoxy groups -OCH3 is 1. The maximum Gasteiger partial charge on any atom is 0.308 e. The summed E-state index contributed by atoms with van der Waals surface area (Å²) in [5.41, 5.74) is 0.108. The Balaban J connectivity index is 2.09. The van der Waals surface area contributed by atoms with Gasteiger partial charge in [-0.25, -0.2) is 0 Å². The molecule has 44 heavy (non-hydrogen) atoms. The highest BCUT2D eigenvalue weighted by atomic mass is 79.9. The number of nitrogens with zero attached hydrogens (tertiary/aromatic N) is 5. The molecule has 0 saturated carbocycles. The van der Waals surface area contributed by atoms with Gasteiger partial charge in [-0.2, -0.15) is 0 Å². The second kappa shape index (κ2) is 15.3. The van der Waals surface area contributed by atoms with Crippen LogP contribution in [0.15, 0.2) is 69.3 Å². The Morgan fingerprint density at radius 1 is 1.00 bits per heavy atom. The highest BCUT2D eigenvalue weighted by molar-refractivity contribution is 9.10. The number of Topliss-reactive ketones (excluding diaryl/α,β-unsaturated/α-hetero) is 1. The van der Waals surface area contributed by atoms with Crippen LogP contribution in [0.4, 0.5) is 34.1 Å². The number of nitro benzene ring substituents is 2. The number of azo groups is 1. The van der Waals surface area contributed by atoms with Crippen molar-refractivity contribution in [2.24, 2.45) is 10.2 Å². The summed E-state index contributed by atoms with van der Waals surface area (Å²) in [6.07, 6.45) is -0.0714. The molecule has 0 unspecified atom stereocenters. The van der Waals surface area contributed by atoms with E-state index in [1.54, 1.807) is 6.07 Å². The summed E-state index contributed by atoms with van der Waals surface area (Å²) >= 11 is 3.08. The first-order valence-corrected chi connectivity index (χ1v) is 13.7. The number of nitro groups is 2. The summed E-state index contributed by atoms with van der Waals surface area (Å²) in [4.78, 5) is 58.7. The molecule has 0 saturated heterocycles. The molecule has 230 valence electrons. The number of carbonyl (C=O) groups is 3. The van der Waals surface area contributed by atoms with Gasteiger partial charge < -0.3 is 19.7 Å². The quantitative estimate of drug-likeness (QED) is 0.0895. The minimum Gasteiger partial charge on any atom is -0.494 e.